The van der Waals surface area contributed by atoms with E-state index in [1.165, 1.54) is 0 Å². The molecule has 8 N–H and O–H groups in total. The fourth-order valence-corrected chi connectivity index (χ4v) is 11.7. The average Bonchev–Trinajstić information content (AvgIpc) is 3.44. The van der Waals surface area contributed by atoms with E-state index in [9.17, 15) is 45.6 Å². The molecule has 0 radical (unpaired) electrons. The Kier molecular flexibility index (Phi) is 12.0. The predicted molar refractivity (Wildman–Crippen MR) is 182 cm³/mol. The van der Waals surface area contributed by atoms with Crippen LogP contribution in [0, 0.1) is 52.3 Å². The van der Waals surface area contributed by atoms with Gasteiger partial charge in [0.2, 0.25) is 0 Å². The number of aliphatic hydroxyl groups is 8. The van der Waals surface area contributed by atoms with E-state index < -0.39 is 74.1 Å². The summed E-state index contributed by atoms with van der Waals surface area (Å²) < 4.78 is 24.3. The van der Waals surface area contributed by atoms with Gasteiger partial charge in [0, 0.05) is 12.3 Å². The molecule has 0 spiro atoms. The topological polar surface area (TPSA) is 216 Å². The highest BCUT2D eigenvalue weighted by Gasteiger charge is 2.64. The standard InChI is InChI=1S/C38H64O13/c1-17(2)6-9-28(49-36-34(30(44)27(43)16-48-36)51-35-33(47)32(46)31(45)29(15-39)50-35)18(3)20-7-8-21-19-12-24(40)23-13-25(41)26(42)14-38(23,5)22(19)10-11-37(20,21)4/h17-23,25-36,39,41-47H,6-16H2,1-5H3/t18-,19-,20+,21-,22-,23-,25+,26+,27-,28+,29+,30-,31+,32-,33+,34+,35-,36-,37+,38+/m0/s1. The lowest BCUT2D eigenvalue weighted by Gasteiger charge is -2.61. The van der Waals surface area contributed by atoms with Crippen LogP contribution in [0.15, 0.2) is 0 Å². The normalized spacial score (nSPS) is 51.5. The quantitative estimate of drug-likeness (QED) is 0.157. The molecule has 51 heavy (non-hydrogen) atoms. The van der Waals surface area contributed by atoms with Crippen molar-refractivity contribution in [1.29, 1.82) is 0 Å². The minimum Gasteiger partial charge on any atom is -0.394 e. The van der Waals surface area contributed by atoms with Crippen LogP contribution in [0.1, 0.15) is 92.4 Å². The van der Waals surface area contributed by atoms with Crippen LogP contribution in [0.25, 0.3) is 0 Å². The number of aliphatic hydroxyl groups excluding tert-OH is 8. The lowest BCUT2D eigenvalue weighted by Crippen LogP contribution is -2.63. The number of hydrogen-bond acceptors (Lipinski definition) is 13. The summed E-state index contributed by atoms with van der Waals surface area (Å²) in [5, 5.41) is 83.8. The molecule has 2 saturated heterocycles. The third-order valence-electron chi connectivity index (χ3n) is 14.7. The van der Waals surface area contributed by atoms with Gasteiger partial charge >= 0.3 is 0 Å². The monoisotopic (exact) mass is 728 g/mol. The number of carbonyl (C=O) groups excluding carboxylic acids is 1. The van der Waals surface area contributed by atoms with E-state index in [0.717, 1.165) is 32.1 Å². The van der Waals surface area contributed by atoms with Gasteiger partial charge in [-0.15, -0.1) is 0 Å². The molecule has 0 bridgehead atoms. The maximum absolute atomic E-state index is 13.7. The van der Waals surface area contributed by atoms with Gasteiger partial charge in [0.05, 0.1) is 31.5 Å². The van der Waals surface area contributed by atoms with Crippen molar-refractivity contribution in [3.8, 4) is 0 Å². The first kappa shape index (κ1) is 39.9. The molecule has 2 aliphatic heterocycles. The van der Waals surface area contributed by atoms with Gasteiger partial charge in [-0.3, -0.25) is 4.79 Å². The molecule has 6 rings (SSSR count). The summed E-state index contributed by atoms with van der Waals surface area (Å²) in [5.41, 5.74) is -0.377. The van der Waals surface area contributed by atoms with E-state index in [0.29, 0.717) is 43.4 Å². The van der Waals surface area contributed by atoms with Crippen molar-refractivity contribution in [2.45, 2.75) is 166 Å². The highest BCUT2D eigenvalue weighted by atomic mass is 16.8. The largest absolute Gasteiger partial charge is 0.394 e. The van der Waals surface area contributed by atoms with Crippen LogP contribution in [0.5, 0.6) is 0 Å². The van der Waals surface area contributed by atoms with Gasteiger partial charge in [-0.05, 0) is 97.7 Å². The Balaban J connectivity index is 1.21. The van der Waals surface area contributed by atoms with Gasteiger partial charge in [-0.25, -0.2) is 0 Å². The Morgan fingerprint density at radius 3 is 2.22 bits per heavy atom. The zero-order chi connectivity index (χ0) is 37.2. The van der Waals surface area contributed by atoms with E-state index in [4.69, 9.17) is 18.9 Å². The Hall–Kier alpha value is -0.810. The van der Waals surface area contributed by atoms with Crippen LogP contribution in [0.3, 0.4) is 0 Å². The lowest BCUT2D eigenvalue weighted by molar-refractivity contribution is -0.362. The summed E-state index contributed by atoms with van der Waals surface area (Å²) in [6.45, 7) is 10.2. The molecule has 0 unspecified atom stereocenters. The lowest BCUT2D eigenvalue weighted by atomic mass is 9.44. The van der Waals surface area contributed by atoms with Crippen molar-refractivity contribution in [2.75, 3.05) is 13.2 Å². The first-order chi connectivity index (χ1) is 24.0. The second-order valence-electron chi connectivity index (χ2n) is 18.0. The zero-order valence-electron chi connectivity index (χ0n) is 30.9. The molecule has 6 fully saturated rings. The minimum absolute atomic E-state index is 0.0464. The summed E-state index contributed by atoms with van der Waals surface area (Å²) in [7, 11) is 0. The summed E-state index contributed by atoms with van der Waals surface area (Å²) in [6, 6.07) is 0. The molecule has 13 heteroatoms. The SMILES string of the molecule is CC(C)CC[C@@H](O[C@@H]1OC[C@H](O)[C@H](O)[C@H]1O[C@@H]1O[C@H](CO)[C@@H](O)[C@H](O)[C@H]1O)[C@@H](C)[C@H]1CC[C@H]2[C@@H]3CC(=O)[C@@H]4C[C@@H](O)[C@H](O)C[C@]4(C)[C@H]3CC[C@]12C. The Morgan fingerprint density at radius 2 is 1.53 bits per heavy atom. The minimum atomic E-state index is -1.71. The van der Waals surface area contributed by atoms with Crippen LogP contribution in [-0.2, 0) is 23.7 Å². The molecule has 13 nitrogen and oxygen atoms in total. The summed E-state index contributed by atoms with van der Waals surface area (Å²) >= 11 is 0. The second kappa shape index (κ2) is 15.4. The zero-order valence-corrected chi connectivity index (χ0v) is 30.9. The maximum atomic E-state index is 13.7. The molecule has 4 saturated carbocycles. The number of Topliss-reactive ketones (excluding diaryl/α,β-unsaturated/α-hetero) is 1. The van der Waals surface area contributed by atoms with Gasteiger partial charge in [0.25, 0.3) is 0 Å². The Bertz CT molecular complexity index is 1200. The third-order valence-corrected chi connectivity index (χ3v) is 14.7. The van der Waals surface area contributed by atoms with Crippen LogP contribution in [0.2, 0.25) is 0 Å². The molecule has 0 aromatic carbocycles. The number of rotatable bonds is 10. The number of fused-ring (bicyclic) bond motifs is 5. The molecule has 2 heterocycles. The third kappa shape index (κ3) is 7.22. The predicted octanol–water partition coefficient (Wildman–Crippen LogP) is 0.877. The molecule has 4 aliphatic carbocycles. The van der Waals surface area contributed by atoms with Crippen molar-refractivity contribution < 1.29 is 64.6 Å². The van der Waals surface area contributed by atoms with Gasteiger partial charge in [0.15, 0.2) is 12.6 Å². The molecule has 0 amide bonds. The van der Waals surface area contributed by atoms with Crippen molar-refractivity contribution in [1.82, 2.24) is 0 Å². The molecular weight excluding hydrogens is 664 g/mol. The van der Waals surface area contributed by atoms with Crippen molar-refractivity contribution >= 4 is 5.78 Å². The smallest absolute Gasteiger partial charge is 0.187 e. The van der Waals surface area contributed by atoms with E-state index in [1.807, 2.05) is 0 Å². The summed E-state index contributed by atoms with van der Waals surface area (Å²) in [4.78, 5) is 13.7. The highest BCUT2D eigenvalue weighted by molar-refractivity contribution is 5.83. The first-order valence-electron chi connectivity index (χ1n) is 19.5. The Morgan fingerprint density at radius 1 is 0.824 bits per heavy atom. The van der Waals surface area contributed by atoms with E-state index >= 15 is 0 Å². The maximum Gasteiger partial charge on any atom is 0.187 e. The van der Waals surface area contributed by atoms with Crippen molar-refractivity contribution in [2.24, 2.45) is 52.3 Å². The fraction of sp³-hybridized carbons (Fsp3) is 0.974. The van der Waals surface area contributed by atoms with E-state index in [-0.39, 0.29) is 53.0 Å². The van der Waals surface area contributed by atoms with Crippen LogP contribution >= 0.6 is 0 Å². The second-order valence-corrected chi connectivity index (χ2v) is 18.0. The molecule has 294 valence electrons. The van der Waals surface area contributed by atoms with Crippen LogP contribution < -0.4 is 0 Å². The molecule has 0 aromatic rings. The van der Waals surface area contributed by atoms with Gasteiger partial charge in [-0.2, -0.15) is 0 Å². The van der Waals surface area contributed by atoms with Crippen molar-refractivity contribution in [3.63, 3.8) is 0 Å². The molecule has 6 aliphatic rings. The summed E-state index contributed by atoms with van der Waals surface area (Å²) in [6.07, 6.45) is -8.19. The van der Waals surface area contributed by atoms with Gasteiger partial charge < -0.3 is 59.8 Å². The molecule has 0 aromatic heterocycles. The first-order valence-corrected chi connectivity index (χ1v) is 19.5. The highest BCUT2D eigenvalue weighted by Crippen LogP contribution is 2.68. The van der Waals surface area contributed by atoms with E-state index in [1.54, 1.807) is 0 Å². The summed E-state index contributed by atoms with van der Waals surface area (Å²) in [5.74, 6) is 1.59. The fourth-order valence-electron chi connectivity index (χ4n) is 11.7. The molecule has 20 atom stereocenters. The molecular formula is C38H64O13. The number of ketones is 1. The van der Waals surface area contributed by atoms with Crippen LogP contribution in [0.4, 0.5) is 0 Å². The average molecular weight is 729 g/mol. The van der Waals surface area contributed by atoms with Crippen molar-refractivity contribution in [3.05, 3.63) is 0 Å². The van der Waals surface area contributed by atoms with E-state index in [2.05, 4.69) is 34.6 Å². The van der Waals surface area contributed by atoms with Crippen LogP contribution in [-0.4, -0.2) is 133 Å². The van der Waals surface area contributed by atoms with Gasteiger partial charge in [-0.1, -0.05) is 34.6 Å². The number of carbonyl (C=O) groups is 1. The number of ether oxygens (including phenoxy) is 4. The Labute approximate surface area is 301 Å². The van der Waals surface area contributed by atoms with Gasteiger partial charge in [0.1, 0.15) is 48.5 Å². The number of hydrogen-bond donors (Lipinski definition) is 8.